The van der Waals surface area contributed by atoms with Crippen LogP contribution in [0.25, 0.3) is 0 Å². The molecule has 0 bridgehead atoms. The third kappa shape index (κ3) is 17.5. The van der Waals surface area contributed by atoms with Crippen molar-refractivity contribution >= 4 is 0 Å². The van der Waals surface area contributed by atoms with E-state index in [1.165, 1.54) is 50.3 Å². The summed E-state index contributed by atoms with van der Waals surface area (Å²) in [6.45, 7) is 9.85. The topological polar surface area (TPSA) is 8.88 Å². The van der Waals surface area contributed by atoms with E-state index >= 15 is 0 Å². The second-order valence-electron chi connectivity index (χ2n) is 4.22. The Hall–Kier alpha value is 3.53. The second kappa shape index (κ2) is 17.5. The van der Waals surface area contributed by atoms with Gasteiger partial charge in [-0.15, -0.1) is 0 Å². The van der Waals surface area contributed by atoms with Gasteiger partial charge < -0.3 is 9.80 Å². The van der Waals surface area contributed by atoms with Gasteiger partial charge in [-0.2, -0.15) is 0 Å². The third-order valence-corrected chi connectivity index (χ3v) is 2.77. The largest absolute Gasteiger partial charge is 1.00 e. The van der Waals surface area contributed by atoms with Crippen molar-refractivity contribution < 1.29 is 126 Å². The van der Waals surface area contributed by atoms with Gasteiger partial charge in [-0.25, -0.2) is 0 Å². The van der Waals surface area contributed by atoms with E-state index in [1.54, 1.807) is 4.90 Å². The van der Waals surface area contributed by atoms with Gasteiger partial charge in [0.15, 0.2) is 0 Å². The Morgan fingerprint density at radius 2 is 1.33 bits per heavy atom. The fraction of sp³-hybridized carbons (Fsp3) is 1.00. The van der Waals surface area contributed by atoms with Crippen molar-refractivity contribution in [1.29, 1.82) is 0 Å². The molecule has 1 aliphatic heterocycles. The molecule has 1 saturated heterocycles. The van der Waals surface area contributed by atoms with Gasteiger partial charge in [-0.3, -0.25) is 0 Å². The van der Waals surface area contributed by atoms with E-state index in [1.807, 2.05) is 0 Å². The summed E-state index contributed by atoms with van der Waals surface area (Å²) in [6, 6.07) is 0. The molecule has 0 radical (unpaired) electrons. The summed E-state index contributed by atoms with van der Waals surface area (Å²) < 4.78 is 0. The standard InChI is InChI=1S/C7H15N.C4H11N.2Rb/c1-2-8-6-4-3-5-7-8;1-4-5(2)3;;/h2-7H2,1H3;4H2,1-3H3;;/q;;2*+1/p+2. The second-order valence-corrected chi connectivity index (χ2v) is 4.22. The van der Waals surface area contributed by atoms with Crippen molar-refractivity contribution in [2.45, 2.75) is 33.1 Å². The average Bonchev–Trinajstić information content (AvgIpc) is 2.20. The van der Waals surface area contributed by atoms with Crippen LogP contribution in [0.3, 0.4) is 0 Å². The Labute approximate surface area is 194 Å². The van der Waals surface area contributed by atoms with E-state index < -0.39 is 0 Å². The summed E-state index contributed by atoms with van der Waals surface area (Å²) >= 11 is 0. The quantitative estimate of drug-likeness (QED) is 0.485. The molecule has 0 atom stereocenters. The normalized spacial score (nSPS) is 15.8. The molecule has 1 heterocycles. The zero-order chi connectivity index (χ0) is 10.1. The van der Waals surface area contributed by atoms with Crippen molar-refractivity contribution in [3.63, 3.8) is 0 Å². The maximum Gasteiger partial charge on any atom is 1.00 e. The molecular formula is C11H28N2Rb2+4. The molecule has 1 aliphatic rings. The van der Waals surface area contributed by atoms with Crippen LogP contribution in [0.15, 0.2) is 0 Å². The summed E-state index contributed by atoms with van der Waals surface area (Å²) in [7, 11) is 4.28. The first kappa shape index (κ1) is 23.6. The summed E-state index contributed by atoms with van der Waals surface area (Å²) in [6.07, 6.45) is 4.40. The van der Waals surface area contributed by atoms with E-state index in [2.05, 4.69) is 27.9 Å². The molecule has 4 heteroatoms. The first-order valence-electron chi connectivity index (χ1n) is 5.83. The fourth-order valence-corrected chi connectivity index (χ4v) is 1.41. The molecule has 0 spiro atoms. The predicted molar refractivity (Wildman–Crippen MR) is 58.4 cm³/mol. The maximum absolute atomic E-state index is 2.28. The van der Waals surface area contributed by atoms with Gasteiger partial charge in [0.25, 0.3) is 0 Å². The van der Waals surface area contributed by atoms with E-state index in [0.29, 0.717) is 0 Å². The van der Waals surface area contributed by atoms with Crippen LogP contribution >= 0.6 is 0 Å². The minimum atomic E-state index is 0. The Kier molecular flexibility index (Phi) is 27.6. The fourth-order valence-electron chi connectivity index (χ4n) is 1.41. The van der Waals surface area contributed by atoms with Crippen LogP contribution in [0, 0.1) is 0 Å². The van der Waals surface area contributed by atoms with Gasteiger partial charge in [-0.1, -0.05) is 0 Å². The van der Waals surface area contributed by atoms with Gasteiger partial charge in [-0.05, 0) is 33.1 Å². The Morgan fingerprint density at radius 1 is 0.933 bits per heavy atom. The van der Waals surface area contributed by atoms with Crippen molar-refractivity contribution in [3.8, 4) is 0 Å². The molecule has 2 nitrogen and oxygen atoms in total. The minimum absolute atomic E-state index is 0. The molecular weight excluding hydrogens is 331 g/mol. The van der Waals surface area contributed by atoms with Gasteiger partial charge in [0.2, 0.25) is 0 Å². The molecule has 0 aliphatic carbocycles. The molecule has 0 saturated carbocycles. The summed E-state index contributed by atoms with van der Waals surface area (Å²) in [5.41, 5.74) is 0. The number of nitrogens with one attached hydrogen (secondary N) is 2. The molecule has 0 aromatic rings. The number of hydrogen-bond acceptors (Lipinski definition) is 0. The van der Waals surface area contributed by atoms with Crippen LogP contribution in [-0.4, -0.2) is 40.3 Å². The molecule has 0 aromatic carbocycles. The zero-order valence-corrected chi connectivity index (χ0v) is 21.8. The number of piperidine rings is 1. The molecule has 0 unspecified atom stereocenters. The summed E-state index contributed by atoms with van der Waals surface area (Å²) in [5.74, 6) is 0. The first-order chi connectivity index (χ1) is 6.20. The molecule has 1 rings (SSSR count). The first-order valence-corrected chi connectivity index (χ1v) is 5.83. The van der Waals surface area contributed by atoms with E-state index in [4.69, 9.17) is 0 Å². The van der Waals surface area contributed by atoms with Crippen LogP contribution in [0.4, 0.5) is 0 Å². The van der Waals surface area contributed by atoms with E-state index in [0.717, 1.165) is 0 Å². The van der Waals surface area contributed by atoms with Crippen LogP contribution in [0.2, 0.25) is 0 Å². The molecule has 0 aromatic heterocycles. The average molecular weight is 359 g/mol. The molecule has 0 amide bonds. The molecule has 1 fully saturated rings. The zero-order valence-electron chi connectivity index (χ0n) is 11.9. The van der Waals surface area contributed by atoms with Gasteiger partial charge in [0, 0.05) is 0 Å². The van der Waals surface area contributed by atoms with Crippen molar-refractivity contribution in [3.05, 3.63) is 0 Å². The summed E-state index contributed by atoms with van der Waals surface area (Å²) in [4.78, 5) is 3.31. The maximum atomic E-state index is 2.28. The molecule has 2 N–H and O–H groups in total. The summed E-state index contributed by atoms with van der Waals surface area (Å²) in [5, 5.41) is 0. The predicted octanol–water partition coefficient (Wildman–Crippen LogP) is -6.77. The SMILES string of the molecule is CC[NH+](C)C.CC[NH+]1CCCCC1.[Rb+].[Rb+]. The van der Waals surface area contributed by atoms with Crippen molar-refractivity contribution in [2.24, 2.45) is 0 Å². The van der Waals surface area contributed by atoms with Crippen LogP contribution in [-0.2, 0) is 0 Å². The van der Waals surface area contributed by atoms with E-state index in [9.17, 15) is 0 Å². The Morgan fingerprint density at radius 3 is 1.53 bits per heavy atom. The van der Waals surface area contributed by atoms with Crippen molar-refractivity contribution in [2.75, 3.05) is 40.3 Å². The minimum Gasteiger partial charge on any atom is -0.340 e. The Balaban J connectivity index is -0.000000185. The number of hydrogen-bond donors (Lipinski definition) is 2. The van der Waals surface area contributed by atoms with Crippen LogP contribution in [0.1, 0.15) is 33.1 Å². The Bertz CT molecular complexity index is 105. The number of rotatable bonds is 2. The molecule has 15 heavy (non-hydrogen) atoms. The van der Waals surface area contributed by atoms with Crippen LogP contribution in [0.5, 0.6) is 0 Å². The van der Waals surface area contributed by atoms with Gasteiger partial charge in [0.1, 0.15) is 0 Å². The third-order valence-electron chi connectivity index (χ3n) is 2.77. The smallest absolute Gasteiger partial charge is 0.340 e. The van der Waals surface area contributed by atoms with Gasteiger partial charge in [0.05, 0.1) is 40.3 Å². The molecule has 80 valence electrons. The van der Waals surface area contributed by atoms with Gasteiger partial charge >= 0.3 is 116 Å². The number of quaternary nitrogens is 2. The van der Waals surface area contributed by atoms with E-state index in [-0.39, 0.29) is 116 Å². The number of likely N-dealkylation sites (tertiary alicyclic amines) is 1. The monoisotopic (exact) mass is 358 g/mol. The van der Waals surface area contributed by atoms with Crippen LogP contribution < -0.4 is 126 Å². The van der Waals surface area contributed by atoms with Crippen molar-refractivity contribution in [1.82, 2.24) is 0 Å².